The Hall–Kier alpha value is -1.80. The van der Waals surface area contributed by atoms with Crippen LogP contribution in [-0.4, -0.2) is 33.3 Å². The van der Waals surface area contributed by atoms with Gasteiger partial charge in [0.2, 0.25) is 0 Å². The molecule has 5 nitrogen and oxygen atoms in total. The predicted octanol–water partition coefficient (Wildman–Crippen LogP) is 3.76. The molecule has 0 saturated heterocycles. The van der Waals surface area contributed by atoms with E-state index in [2.05, 4.69) is 41.8 Å². The molecule has 2 rings (SSSR count). The fourth-order valence-electron chi connectivity index (χ4n) is 2.63. The maximum absolute atomic E-state index is 5.26. The van der Waals surface area contributed by atoms with Crippen molar-refractivity contribution in [3.63, 3.8) is 0 Å². The maximum atomic E-state index is 5.26. The van der Waals surface area contributed by atoms with Crippen LogP contribution >= 0.6 is 24.0 Å². The van der Waals surface area contributed by atoms with E-state index in [9.17, 15) is 0 Å². The van der Waals surface area contributed by atoms with Gasteiger partial charge < -0.3 is 20.1 Å². The van der Waals surface area contributed by atoms with Crippen LogP contribution in [0.15, 0.2) is 53.5 Å². The summed E-state index contributed by atoms with van der Waals surface area (Å²) in [7, 11) is 3.39. The average Bonchev–Trinajstić information content (AvgIpc) is 2.68. The summed E-state index contributed by atoms with van der Waals surface area (Å²) in [5.41, 5.74) is 3.62. The number of halogens is 1. The van der Waals surface area contributed by atoms with Crippen molar-refractivity contribution in [2.75, 3.05) is 27.3 Å². The fraction of sp³-hybridized carbons (Fsp3) is 0.381. The summed E-state index contributed by atoms with van der Waals surface area (Å²) >= 11 is 0. The van der Waals surface area contributed by atoms with E-state index in [-0.39, 0.29) is 24.0 Å². The van der Waals surface area contributed by atoms with Gasteiger partial charge in [0.25, 0.3) is 0 Å². The van der Waals surface area contributed by atoms with Crippen LogP contribution in [0.25, 0.3) is 0 Å². The van der Waals surface area contributed by atoms with Gasteiger partial charge in [-0.1, -0.05) is 36.4 Å². The van der Waals surface area contributed by atoms with Crippen molar-refractivity contribution in [3.05, 3.63) is 65.2 Å². The van der Waals surface area contributed by atoms with E-state index >= 15 is 0 Å². The maximum Gasteiger partial charge on any atom is 0.191 e. The Bertz CT molecular complexity index is 690. The second-order valence-electron chi connectivity index (χ2n) is 5.92. The van der Waals surface area contributed by atoms with Crippen molar-refractivity contribution < 1.29 is 9.47 Å². The molecule has 0 amide bonds. The lowest BCUT2D eigenvalue weighted by Crippen LogP contribution is -2.38. The third kappa shape index (κ3) is 8.17. The number of hydrogen-bond donors (Lipinski definition) is 2. The van der Waals surface area contributed by atoms with E-state index < -0.39 is 0 Å². The molecule has 0 aliphatic rings. The molecular formula is C21H30IN3O2. The standard InChI is InChI=1S/C21H29N3O2.HI/c1-4-22-21(23-14-13-17-9-11-20(26-3)12-10-17)24-15-18-7-5-6-8-19(18)16-25-2;/h5-12H,4,13-16H2,1-3H3,(H2,22,23,24);1H. The quantitative estimate of drug-likeness (QED) is 0.324. The first kappa shape index (κ1) is 23.2. The van der Waals surface area contributed by atoms with Crippen LogP contribution in [0.3, 0.4) is 0 Å². The molecule has 0 aliphatic carbocycles. The summed E-state index contributed by atoms with van der Waals surface area (Å²) in [6.45, 7) is 4.94. The van der Waals surface area contributed by atoms with Crippen LogP contribution in [0.5, 0.6) is 5.75 Å². The number of guanidine groups is 1. The number of hydrogen-bond acceptors (Lipinski definition) is 3. The normalized spacial score (nSPS) is 10.9. The van der Waals surface area contributed by atoms with Gasteiger partial charge in [0.1, 0.15) is 5.75 Å². The molecule has 0 heterocycles. The highest BCUT2D eigenvalue weighted by Crippen LogP contribution is 2.12. The molecule has 2 N–H and O–H groups in total. The van der Waals surface area contributed by atoms with Gasteiger partial charge in [-0.05, 0) is 42.2 Å². The smallest absolute Gasteiger partial charge is 0.191 e. The molecule has 2 aromatic carbocycles. The van der Waals surface area contributed by atoms with Gasteiger partial charge in [-0.2, -0.15) is 0 Å². The van der Waals surface area contributed by atoms with Gasteiger partial charge in [-0.3, -0.25) is 0 Å². The topological polar surface area (TPSA) is 54.9 Å². The van der Waals surface area contributed by atoms with Crippen molar-refractivity contribution in [2.45, 2.75) is 26.5 Å². The number of ether oxygens (including phenoxy) is 2. The van der Waals surface area contributed by atoms with Crippen LogP contribution in [0.4, 0.5) is 0 Å². The lowest BCUT2D eigenvalue weighted by molar-refractivity contribution is 0.184. The number of methoxy groups -OCH3 is 2. The highest BCUT2D eigenvalue weighted by atomic mass is 127. The zero-order valence-electron chi connectivity index (χ0n) is 16.3. The summed E-state index contributed by atoms with van der Waals surface area (Å²) in [6.07, 6.45) is 0.925. The molecule has 0 radical (unpaired) electrons. The van der Waals surface area contributed by atoms with E-state index in [1.165, 1.54) is 16.7 Å². The van der Waals surface area contributed by atoms with Gasteiger partial charge in [-0.25, -0.2) is 4.99 Å². The number of benzene rings is 2. The molecule has 0 unspecified atom stereocenters. The summed E-state index contributed by atoms with van der Waals surface area (Å²) in [5, 5.41) is 6.69. The molecule has 0 bridgehead atoms. The van der Waals surface area contributed by atoms with Crippen molar-refractivity contribution in [3.8, 4) is 5.75 Å². The minimum absolute atomic E-state index is 0. The third-order valence-electron chi connectivity index (χ3n) is 4.04. The van der Waals surface area contributed by atoms with Gasteiger partial charge in [-0.15, -0.1) is 24.0 Å². The van der Waals surface area contributed by atoms with Crippen molar-refractivity contribution in [1.82, 2.24) is 10.6 Å². The molecule has 6 heteroatoms. The predicted molar refractivity (Wildman–Crippen MR) is 122 cm³/mol. The minimum Gasteiger partial charge on any atom is -0.497 e. The van der Waals surface area contributed by atoms with Gasteiger partial charge in [0, 0.05) is 20.2 Å². The number of aliphatic imine (C=N–C) groups is 1. The van der Waals surface area contributed by atoms with E-state index in [1.807, 2.05) is 24.3 Å². The second kappa shape index (κ2) is 13.4. The lowest BCUT2D eigenvalue weighted by Gasteiger charge is -2.12. The first-order chi connectivity index (χ1) is 12.8. The van der Waals surface area contributed by atoms with E-state index in [4.69, 9.17) is 14.5 Å². The largest absolute Gasteiger partial charge is 0.497 e. The fourth-order valence-corrected chi connectivity index (χ4v) is 2.63. The van der Waals surface area contributed by atoms with Crippen molar-refractivity contribution >= 4 is 29.9 Å². The molecule has 0 atom stereocenters. The lowest BCUT2D eigenvalue weighted by atomic mass is 10.1. The average molecular weight is 483 g/mol. The summed E-state index contributed by atoms with van der Waals surface area (Å²) in [6, 6.07) is 16.4. The van der Waals surface area contributed by atoms with Crippen molar-refractivity contribution in [1.29, 1.82) is 0 Å². The highest BCUT2D eigenvalue weighted by Gasteiger charge is 2.03. The number of nitrogens with one attached hydrogen (secondary N) is 2. The van der Waals surface area contributed by atoms with Gasteiger partial charge in [0.15, 0.2) is 5.96 Å². The highest BCUT2D eigenvalue weighted by molar-refractivity contribution is 14.0. The zero-order valence-corrected chi connectivity index (χ0v) is 18.7. The number of nitrogens with zero attached hydrogens (tertiary/aromatic N) is 1. The van der Waals surface area contributed by atoms with E-state index in [0.29, 0.717) is 13.2 Å². The molecule has 27 heavy (non-hydrogen) atoms. The Morgan fingerprint density at radius 2 is 1.67 bits per heavy atom. The molecular weight excluding hydrogens is 453 g/mol. The third-order valence-corrected chi connectivity index (χ3v) is 4.04. The molecule has 0 spiro atoms. The van der Waals surface area contributed by atoms with E-state index in [1.54, 1.807) is 14.2 Å². The Morgan fingerprint density at radius 1 is 0.963 bits per heavy atom. The van der Waals surface area contributed by atoms with E-state index in [0.717, 1.165) is 31.2 Å². The molecule has 0 saturated carbocycles. The molecule has 2 aromatic rings. The molecule has 148 valence electrons. The molecule has 0 aliphatic heterocycles. The summed E-state index contributed by atoms with van der Waals surface area (Å²) < 4.78 is 10.5. The summed E-state index contributed by atoms with van der Waals surface area (Å²) in [4.78, 5) is 4.70. The van der Waals surface area contributed by atoms with Crippen LogP contribution in [-0.2, 0) is 24.3 Å². The minimum atomic E-state index is 0. The first-order valence-corrected chi connectivity index (χ1v) is 8.97. The monoisotopic (exact) mass is 483 g/mol. The van der Waals surface area contributed by atoms with Gasteiger partial charge in [0.05, 0.1) is 20.3 Å². The molecule has 0 aromatic heterocycles. The summed E-state index contributed by atoms with van der Waals surface area (Å²) in [5.74, 6) is 1.71. The Labute approximate surface area is 179 Å². The van der Waals surface area contributed by atoms with Crippen molar-refractivity contribution in [2.24, 2.45) is 4.99 Å². The SMILES string of the molecule is CCNC(=NCc1ccccc1COC)NCCc1ccc(OC)cc1.I. The van der Waals surface area contributed by atoms with Gasteiger partial charge >= 0.3 is 0 Å². The Kier molecular flexibility index (Phi) is 11.5. The Balaban J connectivity index is 0.00000364. The van der Waals surface area contributed by atoms with Crippen LogP contribution in [0.1, 0.15) is 23.6 Å². The van der Waals surface area contributed by atoms with Crippen LogP contribution in [0, 0.1) is 0 Å². The van der Waals surface area contributed by atoms with Crippen LogP contribution < -0.4 is 15.4 Å². The zero-order chi connectivity index (χ0) is 18.6. The Morgan fingerprint density at radius 3 is 2.30 bits per heavy atom. The second-order valence-corrected chi connectivity index (χ2v) is 5.92. The molecule has 0 fully saturated rings. The number of rotatable bonds is 9. The first-order valence-electron chi connectivity index (χ1n) is 8.97. The van der Waals surface area contributed by atoms with Crippen LogP contribution in [0.2, 0.25) is 0 Å².